The maximum absolute atomic E-state index is 10.1. The molecule has 0 radical (unpaired) electrons. The molecule has 0 heterocycles. The van der Waals surface area contributed by atoms with Gasteiger partial charge in [-0.05, 0) is 18.6 Å². The Kier molecular flexibility index (Phi) is 2.44. The van der Waals surface area contributed by atoms with Crippen molar-refractivity contribution in [3.63, 3.8) is 0 Å². The van der Waals surface area contributed by atoms with Gasteiger partial charge in [0.1, 0.15) is 6.07 Å². The van der Waals surface area contributed by atoms with Crippen LogP contribution in [0, 0.1) is 18.3 Å². The number of rotatable bonds is 2. The highest BCUT2D eigenvalue weighted by Crippen LogP contribution is 2.16. The summed E-state index contributed by atoms with van der Waals surface area (Å²) in [6.45, 7) is 1.83. The minimum atomic E-state index is 0.518. The van der Waals surface area contributed by atoms with Crippen LogP contribution in [0.4, 0.5) is 5.69 Å². The molecule has 0 unspecified atom stereocenters. The Hall–Kier alpha value is -1.82. The molecule has 1 N–H and O–H groups in total. The van der Waals surface area contributed by atoms with Gasteiger partial charge >= 0.3 is 0 Å². The van der Waals surface area contributed by atoms with E-state index in [9.17, 15) is 4.79 Å². The predicted molar refractivity (Wildman–Crippen MR) is 45.6 cm³/mol. The van der Waals surface area contributed by atoms with E-state index in [1.54, 1.807) is 12.1 Å². The molecule has 0 saturated heterocycles. The molecule has 0 bridgehead atoms. The zero-order chi connectivity index (χ0) is 8.97. The van der Waals surface area contributed by atoms with Crippen LogP contribution in [0.2, 0.25) is 0 Å². The van der Waals surface area contributed by atoms with Crippen molar-refractivity contribution in [3.8, 4) is 6.07 Å². The number of carbonyl (C=O) groups is 1. The summed E-state index contributed by atoms with van der Waals surface area (Å²) in [6, 6.07) is 7.34. The minimum Gasteiger partial charge on any atom is -0.328 e. The van der Waals surface area contributed by atoms with Crippen LogP contribution in [-0.4, -0.2) is 6.41 Å². The van der Waals surface area contributed by atoms with Gasteiger partial charge in [-0.25, -0.2) is 0 Å². The molecule has 1 aromatic carbocycles. The van der Waals surface area contributed by atoms with Gasteiger partial charge in [0.15, 0.2) is 0 Å². The van der Waals surface area contributed by atoms with Gasteiger partial charge in [0, 0.05) is 0 Å². The van der Waals surface area contributed by atoms with Crippen molar-refractivity contribution >= 4 is 12.1 Å². The quantitative estimate of drug-likeness (QED) is 0.665. The summed E-state index contributed by atoms with van der Waals surface area (Å²) in [7, 11) is 0. The number of nitrogens with one attached hydrogen (secondary N) is 1. The molecule has 1 aromatic rings. The molecule has 0 saturated carbocycles. The highest BCUT2D eigenvalue weighted by Gasteiger charge is 2.02. The van der Waals surface area contributed by atoms with E-state index in [4.69, 9.17) is 5.26 Å². The molecule has 3 nitrogen and oxygen atoms in total. The van der Waals surface area contributed by atoms with E-state index in [0.29, 0.717) is 17.7 Å². The lowest BCUT2D eigenvalue weighted by Gasteiger charge is -2.02. The van der Waals surface area contributed by atoms with E-state index < -0.39 is 0 Å². The van der Waals surface area contributed by atoms with E-state index >= 15 is 0 Å². The van der Waals surface area contributed by atoms with Crippen LogP contribution >= 0.6 is 0 Å². The number of anilines is 1. The molecule has 1 rings (SSSR count). The second-order valence-electron chi connectivity index (χ2n) is 2.37. The van der Waals surface area contributed by atoms with Crippen molar-refractivity contribution < 1.29 is 4.79 Å². The van der Waals surface area contributed by atoms with E-state index in [1.807, 2.05) is 19.1 Å². The predicted octanol–water partition coefficient (Wildman–Crippen LogP) is 1.43. The molecule has 0 aliphatic carbocycles. The third kappa shape index (κ3) is 1.43. The third-order valence-electron chi connectivity index (χ3n) is 1.60. The SMILES string of the molecule is Cc1cccc(NC=O)c1C#N. The van der Waals surface area contributed by atoms with Gasteiger partial charge in [-0.15, -0.1) is 0 Å². The average molecular weight is 160 g/mol. The summed E-state index contributed by atoms with van der Waals surface area (Å²) in [5.41, 5.74) is 1.95. The second-order valence-corrected chi connectivity index (χ2v) is 2.37. The summed E-state index contributed by atoms with van der Waals surface area (Å²) in [4.78, 5) is 10.1. The molecule has 60 valence electrons. The Labute approximate surface area is 70.6 Å². The van der Waals surface area contributed by atoms with Crippen molar-refractivity contribution in [2.45, 2.75) is 6.92 Å². The molecule has 12 heavy (non-hydrogen) atoms. The van der Waals surface area contributed by atoms with Crippen LogP contribution in [-0.2, 0) is 4.79 Å². The molecule has 0 aliphatic rings. The number of carbonyl (C=O) groups excluding carboxylic acids is 1. The lowest BCUT2D eigenvalue weighted by atomic mass is 10.1. The second kappa shape index (κ2) is 3.54. The van der Waals surface area contributed by atoms with Crippen LogP contribution in [0.5, 0.6) is 0 Å². The Bertz CT molecular complexity index is 339. The standard InChI is InChI=1S/C9H8N2O/c1-7-3-2-4-9(11-6-12)8(7)5-10/h2-4,6H,1H3,(H,11,12). The Morgan fingerprint density at radius 1 is 1.58 bits per heavy atom. The zero-order valence-corrected chi connectivity index (χ0v) is 6.66. The Balaban J connectivity index is 3.20. The summed E-state index contributed by atoms with van der Waals surface area (Å²) in [5.74, 6) is 0. The van der Waals surface area contributed by atoms with Gasteiger partial charge in [-0.3, -0.25) is 4.79 Å². The topological polar surface area (TPSA) is 52.9 Å². The van der Waals surface area contributed by atoms with Gasteiger partial charge in [0.25, 0.3) is 0 Å². The van der Waals surface area contributed by atoms with Crippen LogP contribution < -0.4 is 5.32 Å². The lowest BCUT2D eigenvalue weighted by molar-refractivity contribution is -0.105. The fourth-order valence-corrected chi connectivity index (χ4v) is 1.000. The number of aryl methyl sites for hydroxylation is 1. The van der Waals surface area contributed by atoms with Crippen LogP contribution in [0.25, 0.3) is 0 Å². The first kappa shape index (κ1) is 8.28. The zero-order valence-electron chi connectivity index (χ0n) is 6.66. The van der Waals surface area contributed by atoms with E-state index in [2.05, 4.69) is 5.32 Å². The maximum atomic E-state index is 10.1. The van der Waals surface area contributed by atoms with Gasteiger partial charge in [0.2, 0.25) is 6.41 Å². The Morgan fingerprint density at radius 2 is 2.33 bits per heavy atom. The first-order valence-corrected chi connectivity index (χ1v) is 3.49. The van der Waals surface area contributed by atoms with Crippen molar-refractivity contribution in [2.24, 2.45) is 0 Å². The minimum absolute atomic E-state index is 0.518. The lowest BCUT2D eigenvalue weighted by Crippen LogP contribution is -1.97. The highest BCUT2D eigenvalue weighted by atomic mass is 16.1. The first-order chi connectivity index (χ1) is 5.79. The number of hydrogen-bond donors (Lipinski definition) is 1. The summed E-state index contributed by atoms with van der Waals surface area (Å²) < 4.78 is 0. The molecule has 0 spiro atoms. The van der Waals surface area contributed by atoms with Crippen molar-refractivity contribution in [3.05, 3.63) is 29.3 Å². The smallest absolute Gasteiger partial charge is 0.211 e. The largest absolute Gasteiger partial charge is 0.328 e. The first-order valence-electron chi connectivity index (χ1n) is 3.49. The number of amides is 1. The number of nitriles is 1. The van der Waals surface area contributed by atoms with Crippen molar-refractivity contribution in [1.29, 1.82) is 5.26 Å². The van der Waals surface area contributed by atoms with Crippen LogP contribution in [0.1, 0.15) is 11.1 Å². The van der Waals surface area contributed by atoms with Gasteiger partial charge in [-0.2, -0.15) is 5.26 Å². The van der Waals surface area contributed by atoms with Crippen LogP contribution in [0.3, 0.4) is 0 Å². The van der Waals surface area contributed by atoms with Crippen LogP contribution in [0.15, 0.2) is 18.2 Å². The molecular formula is C9H8N2O. The monoisotopic (exact) mass is 160 g/mol. The summed E-state index contributed by atoms with van der Waals surface area (Å²) in [6.07, 6.45) is 0.565. The van der Waals surface area contributed by atoms with Gasteiger partial charge < -0.3 is 5.32 Å². The molecule has 0 fully saturated rings. The van der Waals surface area contributed by atoms with E-state index in [-0.39, 0.29) is 0 Å². The third-order valence-corrected chi connectivity index (χ3v) is 1.60. The average Bonchev–Trinajstić information content (AvgIpc) is 2.05. The van der Waals surface area contributed by atoms with Crippen molar-refractivity contribution in [1.82, 2.24) is 0 Å². The fraction of sp³-hybridized carbons (Fsp3) is 0.111. The highest BCUT2D eigenvalue weighted by molar-refractivity contribution is 5.76. The Morgan fingerprint density at radius 3 is 2.92 bits per heavy atom. The number of benzene rings is 1. The van der Waals surface area contributed by atoms with Crippen molar-refractivity contribution in [2.75, 3.05) is 5.32 Å². The molecule has 0 atom stereocenters. The van der Waals surface area contributed by atoms with E-state index in [0.717, 1.165) is 5.56 Å². The maximum Gasteiger partial charge on any atom is 0.211 e. The molecule has 3 heteroatoms. The molecule has 1 amide bonds. The summed E-state index contributed by atoms with van der Waals surface area (Å²) >= 11 is 0. The fourth-order valence-electron chi connectivity index (χ4n) is 1.000. The van der Waals surface area contributed by atoms with E-state index in [1.165, 1.54) is 0 Å². The summed E-state index contributed by atoms with van der Waals surface area (Å²) in [5, 5.41) is 11.2. The number of nitrogens with zero attached hydrogens (tertiary/aromatic N) is 1. The molecule has 0 aromatic heterocycles. The van der Waals surface area contributed by atoms with Gasteiger partial charge in [0.05, 0.1) is 11.3 Å². The van der Waals surface area contributed by atoms with Gasteiger partial charge in [-0.1, -0.05) is 12.1 Å². The molecule has 0 aliphatic heterocycles. The normalized spacial score (nSPS) is 8.67. The molecular weight excluding hydrogens is 152 g/mol. The number of hydrogen-bond acceptors (Lipinski definition) is 2.